The molecular weight excluding hydrogens is 388 g/mol. The van der Waals surface area contributed by atoms with Gasteiger partial charge < -0.3 is 10.2 Å². The van der Waals surface area contributed by atoms with Crippen molar-refractivity contribution in [3.8, 4) is 0 Å². The van der Waals surface area contributed by atoms with Gasteiger partial charge in [-0.3, -0.25) is 14.7 Å². The topological polar surface area (TPSA) is 65.8 Å². The second-order valence-corrected chi connectivity index (χ2v) is 7.92. The molecule has 7 nitrogen and oxygen atoms in total. The zero-order chi connectivity index (χ0) is 21.4. The summed E-state index contributed by atoms with van der Waals surface area (Å²) in [4.78, 5) is 21.9. The molecule has 31 heavy (non-hydrogen) atoms. The number of carbonyl (C=O) groups excluding carboxylic acids is 1. The second-order valence-electron chi connectivity index (χ2n) is 7.92. The van der Waals surface area contributed by atoms with E-state index in [1.54, 1.807) is 11.0 Å². The second kappa shape index (κ2) is 8.00. The Labute approximate surface area is 181 Å². The summed E-state index contributed by atoms with van der Waals surface area (Å²) in [5.41, 5.74) is 6.39. The molecule has 0 radical (unpaired) electrons. The van der Waals surface area contributed by atoms with E-state index in [2.05, 4.69) is 28.2 Å². The fourth-order valence-corrected chi connectivity index (χ4v) is 4.18. The minimum absolute atomic E-state index is 0.0790. The molecule has 158 valence electrons. The average Bonchev–Trinajstić information content (AvgIpc) is 3.21. The summed E-state index contributed by atoms with van der Waals surface area (Å²) in [7, 11) is 0. The molecule has 1 fully saturated rings. The number of nitrogens with zero attached hydrogens (tertiary/aromatic N) is 5. The molecule has 7 heteroatoms. The van der Waals surface area contributed by atoms with Crippen LogP contribution in [0.1, 0.15) is 24.0 Å². The molecule has 0 unspecified atom stereocenters. The van der Waals surface area contributed by atoms with Gasteiger partial charge in [-0.05, 0) is 37.6 Å². The van der Waals surface area contributed by atoms with E-state index in [1.807, 2.05) is 54.2 Å². The van der Waals surface area contributed by atoms with E-state index < -0.39 is 0 Å². The summed E-state index contributed by atoms with van der Waals surface area (Å²) < 4.78 is 1.86. The first-order chi connectivity index (χ1) is 15.1. The van der Waals surface area contributed by atoms with Crippen molar-refractivity contribution >= 4 is 17.0 Å². The largest absolute Gasteiger partial charge is 0.368 e. The maximum atomic E-state index is 13.2. The molecule has 0 bridgehead atoms. The monoisotopic (exact) mass is 414 g/mol. The number of piperazine rings is 1. The van der Waals surface area contributed by atoms with E-state index in [4.69, 9.17) is 5.10 Å². The van der Waals surface area contributed by atoms with Crippen molar-refractivity contribution in [3.05, 3.63) is 83.4 Å². The quantitative estimate of drug-likeness (QED) is 0.836. The molecule has 0 aliphatic carbocycles. The van der Waals surface area contributed by atoms with E-state index in [0.717, 1.165) is 72.2 Å². The number of rotatable bonds is 3. The molecule has 3 aliphatic heterocycles. The summed E-state index contributed by atoms with van der Waals surface area (Å²) in [6, 6.07) is 2.01. The van der Waals surface area contributed by atoms with E-state index in [0.29, 0.717) is 0 Å². The van der Waals surface area contributed by atoms with Crippen LogP contribution in [0.5, 0.6) is 0 Å². The Morgan fingerprint density at radius 2 is 1.94 bits per heavy atom. The van der Waals surface area contributed by atoms with Crippen LogP contribution in [0.15, 0.2) is 66.3 Å². The summed E-state index contributed by atoms with van der Waals surface area (Å²) in [5, 5.41) is 8.09. The first kappa shape index (κ1) is 19.5. The first-order valence-electron chi connectivity index (χ1n) is 10.8. The van der Waals surface area contributed by atoms with Crippen molar-refractivity contribution in [2.75, 3.05) is 26.2 Å². The molecular formula is C24H26N6O. The summed E-state index contributed by atoms with van der Waals surface area (Å²) in [6.45, 7) is 7.84. The molecule has 1 saturated heterocycles. The highest BCUT2D eigenvalue weighted by atomic mass is 16.2. The zero-order valence-electron chi connectivity index (χ0n) is 17.9. The number of nitrogens with one attached hydrogen (secondary N) is 1. The maximum Gasteiger partial charge on any atom is 0.255 e. The lowest BCUT2D eigenvalue weighted by molar-refractivity contribution is -0.122. The van der Waals surface area contributed by atoms with Gasteiger partial charge in [0.15, 0.2) is 0 Å². The Morgan fingerprint density at radius 3 is 2.74 bits per heavy atom. The molecule has 0 saturated carbocycles. The number of hydrogen-bond donors (Lipinski definition) is 1. The molecule has 5 rings (SSSR count). The standard InChI is InChI=1S/C24H26N6O/c1-3-21-23-14-22(27-30(23)15-17(2)26-21)18-5-4-6-19-7-8-20(16-29(19)24(31)13-18)28-11-9-25-10-12-28/h4-8,13-16,25H,3,9-12H2,1-2H3/b5-4+,18-13+,19-6+. The van der Waals surface area contributed by atoms with Crippen molar-refractivity contribution in [2.45, 2.75) is 20.3 Å². The molecule has 3 aliphatic rings. The van der Waals surface area contributed by atoms with Crippen LogP contribution in [-0.4, -0.2) is 56.5 Å². The average molecular weight is 415 g/mol. The van der Waals surface area contributed by atoms with Crippen molar-refractivity contribution in [1.82, 2.24) is 29.7 Å². The third-order valence-corrected chi connectivity index (χ3v) is 5.79. The Bertz CT molecular complexity index is 1190. The number of allylic oxidation sites excluding steroid dienone is 6. The highest BCUT2D eigenvalue weighted by molar-refractivity contribution is 5.99. The zero-order valence-corrected chi connectivity index (χ0v) is 17.9. The molecule has 0 atom stereocenters. The van der Waals surface area contributed by atoms with Gasteiger partial charge in [-0.25, -0.2) is 4.52 Å². The number of aromatic nitrogens is 3. The number of fused-ring (bicyclic) bond motifs is 2. The predicted molar refractivity (Wildman–Crippen MR) is 121 cm³/mol. The first-order valence-corrected chi connectivity index (χ1v) is 10.8. The Balaban J connectivity index is 1.50. The van der Waals surface area contributed by atoms with E-state index in [-0.39, 0.29) is 5.91 Å². The predicted octanol–water partition coefficient (Wildman–Crippen LogP) is 2.58. The molecule has 0 spiro atoms. The van der Waals surface area contributed by atoms with Crippen molar-refractivity contribution in [2.24, 2.45) is 0 Å². The number of amides is 1. The lowest BCUT2D eigenvalue weighted by Crippen LogP contribution is -2.43. The van der Waals surface area contributed by atoms with Gasteiger partial charge >= 0.3 is 0 Å². The van der Waals surface area contributed by atoms with Crippen molar-refractivity contribution < 1.29 is 4.79 Å². The van der Waals surface area contributed by atoms with Crippen LogP contribution in [0.2, 0.25) is 0 Å². The maximum absolute atomic E-state index is 13.2. The smallest absolute Gasteiger partial charge is 0.255 e. The molecule has 1 N–H and O–H groups in total. The third-order valence-electron chi connectivity index (χ3n) is 5.79. The number of hydrogen-bond acceptors (Lipinski definition) is 5. The Hall–Kier alpha value is -3.45. The summed E-state index contributed by atoms with van der Waals surface area (Å²) >= 11 is 0. The summed E-state index contributed by atoms with van der Waals surface area (Å²) in [6.07, 6.45) is 16.3. The lowest BCUT2D eigenvalue weighted by Gasteiger charge is -2.33. The van der Waals surface area contributed by atoms with Crippen molar-refractivity contribution in [3.63, 3.8) is 0 Å². The van der Waals surface area contributed by atoms with Crippen LogP contribution in [0.3, 0.4) is 0 Å². The molecule has 0 aromatic carbocycles. The van der Waals surface area contributed by atoms with Crippen LogP contribution < -0.4 is 5.32 Å². The highest BCUT2D eigenvalue weighted by Gasteiger charge is 2.22. The van der Waals surface area contributed by atoms with E-state index in [1.165, 1.54) is 0 Å². The molecule has 2 aromatic rings. The molecule has 5 heterocycles. The number of carbonyl (C=O) groups is 1. The third kappa shape index (κ3) is 3.72. The normalized spacial score (nSPS) is 23.4. The van der Waals surface area contributed by atoms with Gasteiger partial charge in [-0.1, -0.05) is 19.1 Å². The van der Waals surface area contributed by atoms with Crippen molar-refractivity contribution in [1.29, 1.82) is 0 Å². The van der Waals surface area contributed by atoms with Gasteiger partial charge in [0.05, 0.1) is 34.5 Å². The fourth-order valence-electron chi connectivity index (χ4n) is 4.18. The van der Waals surface area contributed by atoms with Crippen LogP contribution in [0.4, 0.5) is 0 Å². The fraction of sp³-hybridized carbons (Fsp3) is 0.292. The van der Waals surface area contributed by atoms with Gasteiger partial charge in [-0.15, -0.1) is 0 Å². The number of aryl methyl sites for hydroxylation is 2. The van der Waals surface area contributed by atoms with Gasteiger partial charge in [0.2, 0.25) is 0 Å². The van der Waals surface area contributed by atoms with Gasteiger partial charge in [0.1, 0.15) is 0 Å². The van der Waals surface area contributed by atoms with Crippen LogP contribution in [0, 0.1) is 6.92 Å². The highest BCUT2D eigenvalue weighted by Crippen LogP contribution is 2.25. The Kier molecular flexibility index (Phi) is 5.03. The molecule has 2 aromatic heterocycles. The minimum Gasteiger partial charge on any atom is -0.368 e. The molecule has 1 amide bonds. The van der Waals surface area contributed by atoms with Crippen LogP contribution in [0.25, 0.3) is 11.1 Å². The summed E-state index contributed by atoms with van der Waals surface area (Å²) in [5.74, 6) is -0.0790. The minimum atomic E-state index is -0.0790. The van der Waals surface area contributed by atoms with Gasteiger partial charge in [0, 0.05) is 49.7 Å². The van der Waals surface area contributed by atoms with Gasteiger partial charge in [0.25, 0.3) is 5.91 Å². The Morgan fingerprint density at radius 1 is 1.13 bits per heavy atom. The van der Waals surface area contributed by atoms with E-state index >= 15 is 0 Å². The SMILES string of the molecule is CCc1nc(C)cn2nc(C3=C\C(=O)N4C=C(N5CCNCC5)C=C\C4=C/C=C/3)cc12. The van der Waals surface area contributed by atoms with Crippen LogP contribution >= 0.6 is 0 Å². The van der Waals surface area contributed by atoms with Crippen LogP contribution in [-0.2, 0) is 11.2 Å². The lowest BCUT2D eigenvalue weighted by atomic mass is 10.1. The van der Waals surface area contributed by atoms with E-state index in [9.17, 15) is 4.79 Å². The van der Waals surface area contributed by atoms with Gasteiger partial charge in [-0.2, -0.15) is 5.10 Å².